The fourth-order valence-corrected chi connectivity index (χ4v) is 8.91. The Hall–Kier alpha value is -0.530. The first-order chi connectivity index (χ1) is 10.3. The summed E-state index contributed by atoms with van der Waals surface area (Å²) in [5.41, 5.74) is 0.301. The van der Waals surface area contributed by atoms with Crippen molar-refractivity contribution in [1.82, 2.24) is 5.32 Å². The van der Waals surface area contributed by atoms with Crippen LogP contribution in [-0.4, -0.2) is 11.4 Å². The first-order valence-corrected chi connectivity index (χ1v) is 9.64. The number of hydrogen-bond acceptors (Lipinski definition) is 1. The summed E-state index contributed by atoms with van der Waals surface area (Å²) in [6.45, 7) is 0. The molecule has 2 nitrogen and oxygen atoms in total. The van der Waals surface area contributed by atoms with E-state index in [1.165, 1.54) is 44.9 Å². The lowest BCUT2D eigenvalue weighted by Gasteiger charge is -2.48. The fraction of sp³-hybridized carbons (Fsp3) is 0.947. The normalized spacial score (nSPS) is 59.3. The fourth-order valence-electron chi connectivity index (χ4n) is 8.91. The molecule has 0 aromatic heterocycles. The largest absolute Gasteiger partial charge is 0.350 e. The first-order valence-electron chi connectivity index (χ1n) is 9.64. The van der Waals surface area contributed by atoms with Crippen molar-refractivity contribution in [2.45, 2.75) is 63.3 Å². The lowest BCUT2D eigenvalue weighted by atomic mass is 9.64. The van der Waals surface area contributed by atoms with Crippen LogP contribution in [0.15, 0.2) is 0 Å². The standard InChI is InChI=1S/C19H27NO/c21-18(10-4-2-1-3-5-10)20-19-13-8-6-11-15(13)16-12(17(11)19)7-9-14(16)19/h10-17H,1-9H2,(H,20,21). The highest BCUT2D eigenvalue weighted by Gasteiger charge is 2.84. The summed E-state index contributed by atoms with van der Waals surface area (Å²) < 4.78 is 0. The zero-order valence-electron chi connectivity index (χ0n) is 12.9. The van der Waals surface area contributed by atoms with Gasteiger partial charge in [0.25, 0.3) is 0 Å². The van der Waals surface area contributed by atoms with Crippen molar-refractivity contribution in [2.75, 3.05) is 0 Å². The Morgan fingerprint density at radius 1 is 0.810 bits per heavy atom. The minimum absolute atomic E-state index is 0.301. The summed E-state index contributed by atoms with van der Waals surface area (Å²) >= 11 is 0. The van der Waals surface area contributed by atoms with Crippen LogP contribution in [0.25, 0.3) is 0 Å². The molecule has 1 N–H and O–H groups in total. The van der Waals surface area contributed by atoms with Crippen LogP contribution >= 0.6 is 0 Å². The summed E-state index contributed by atoms with van der Waals surface area (Å²) in [5, 5.41) is 3.77. The van der Waals surface area contributed by atoms with Crippen molar-refractivity contribution in [1.29, 1.82) is 0 Å². The zero-order chi connectivity index (χ0) is 13.8. The highest BCUT2D eigenvalue weighted by atomic mass is 16.2. The second-order valence-electron chi connectivity index (χ2n) is 9.13. The van der Waals surface area contributed by atoms with E-state index < -0.39 is 0 Å². The van der Waals surface area contributed by atoms with Gasteiger partial charge in [0.2, 0.25) is 5.91 Å². The maximum Gasteiger partial charge on any atom is 0.223 e. The van der Waals surface area contributed by atoms with Gasteiger partial charge < -0.3 is 5.32 Å². The third kappa shape index (κ3) is 1.13. The Morgan fingerprint density at radius 3 is 2.05 bits per heavy atom. The van der Waals surface area contributed by atoms with Crippen LogP contribution in [0.1, 0.15) is 57.8 Å². The lowest BCUT2D eigenvalue weighted by molar-refractivity contribution is -0.130. The SMILES string of the molecule is O=C(NC12C3CCC4C3C3C(CCC31)C42)C1CCCCC1. The molecule has 7 aliphatic carbocycles. The first kappa shape index (κ1) is 12.0. The lowest BCUT2D eigenvalue weighted by Crippen LogP contribution is -2.61. The van der Waals surface area contributed by atoms with Crippen LogP contribution in [0, 0.1) is 47.3 Å². The maximum absolute atomic E-state index is 12.9. The molecule has 0 radical (unpaired) electrons. The molecule has 1 amide bonds. The number of hydrogen-bond donors (Lipinski definition) is 1. The van der Waals surface area contributed by atoms with Crippen LogP contribution in [0.4, 0.5) is 0 Å². The van der Waals surface area contributed by atoms with E-state index in [0.29, 0.717) is 17.4 Å². The molecule has 6 unspecified atom stereocenters. The molecule has 0 saturated heterocycles. The predicted octanol–water partition coefficient (Wildman–Crippen LogP) is 3.36. The number of carbonyl (C=O) groups is 1. The highest BCUT2D eigenvalue weighted by molar-refractivity contribution is 5.80. The van der Waals surface area contributed by atoms with E-state index in [-0.39, 0.29) is 0 Å². The Labute approximate surface area is 127 Å². The molecule has 6 atom stereocenters. The number of nitrogens with one attached hydrogen (secondary N) is 1. The molecular formula is C19H27NO. The summed E-state index contributed by atoms with van der Waals surface area (Å²) in [6.07, 6.45) is 12.0. The molecule has 0 aromatic carbocycles. The Morgan fingerprint density at radius 2 is 1.43 bits per heavy atom. The van der Waals surface area contributed by atoms with Gasteiger partial charge in [-0.15, -0.1) is 0 Å². The minimum atomic E-state index is 0.301. The van der Waals surface area contributed by atoms with Gasteiger partial charge in [-0.25, -0.2) is 0 Å². The molecule has 7 fully saturated rings. The molecule has 2 heteroatoms. The molecule has 7 aliphatic rings. The average molecular weight is 285 g/mol. The van der Waals surface area contributed by atoms with Crippen molar-refractivity contribution in [3.63, 3.8) is 0 Å². The molecular weight excluding hydrogens is 258 g/mol. The van der Waals surface area contributed by atoms with Crippen molar-refractivity contribution in [2.24, 2.45) is 47.3 Å². The van der Waals surface area contributed by atoms with Gasteiger partial charge in [-0.3, -0.25) is 4.79 Å². The van der Waals surface area contributed by atoms with E-state index in [1.807, 2.05) is 0 Å². The van der Waals surface area contributed by atoms with Crippen molar-refractivity contribution >= 4 is 5.91 Å². The average Bonchev–Trinajstić information content (AvgIpc) is 3.28. The van der Waals surface area contributed by atoms with Gasteiger partial charge >= 0.3 is 0 Å². The van der Waals surface area contributed by atoms with Crippen LogP contribution in [0.5, 0.6) is 0 Å². The van der Waals surface area contributed by atoms with Crippen molar-refractivity contribution in [3.05, 3.63) is 0 Å². The van der Waals surface area contributed by atoms with Gasteiger partial charge in [0.1, 0.15) is 0 Å². The summed E-state index contributed by atoms with van der Waals surface area (Å²) in [7, 11) is 0. The van der Waals surface area contributed by atoms with Crippen LogP contribution in [0.2, 0.25) is 0 Å². The molecule has 7 rings (SSSR count). The third-order valence-electron chi connectivity index (χ3n) is 9.00. The van der Waals surface area contributed by atoms with Crippen LogP contribution in [0.3, 0.4) is 0 Å². The van der Waals surface area contributed by atoms with Gasteiger partial charge in [-0.2, -0.15) is 0 Å². The van der Waals surface area contributed by atoms with E-state index in [1.54, 1.807) is 0 Å². The molecule has 0 spiro atoms. The molecule has 114 valence electrons. The molecule has 0 aliphatic heterocycles. The second kappa shape index (κ2) is 3.68. The van der Waals surface area contributed by atoms with E-state index >= 15 is 0 Å². The molecule has 8 bridgehead atoms. The monoisotopic (exact) mass is 285 g/mol. The minimum Gasteiger partial charge on any atom is -0.350 e. The number of carbonyl (C=O) groups excluding carboxylic acids is 1. The highest BCUT2D eigenvalue weighted by Crippen LogP contribution is 2.83. The second-order valence-corrected chi connectivity index (χ2v) is 9.13. The van der Waals surface area contributed by atoms with Crippen LogP contribution in [-0.2, 0) is 4.79 Å². The van der Waals surface area contributed by atoms with E-state index in [0.717, 1.165) is 54.3 Å². The Kier molecular flexibility index (Phi) is 2.10. The number of rotatable bonds is 2. The van der Waals surface area contributed by atoms with E-state index in [9.17, 15) is 4.79 Å². The molecule has 0 heterocycles. The van der Waals surface area contributed by atoms with E-state index in [2.05, 4.69) is 5.32 Å². The van der Waals surface area contributed by atoms with Gasteiger partial charge in [0.15, 0.2) is 0 Å². The van der Waals surface area contributed by atoms with Crippen LogP contribution < -0.4 is 5.32 Å². The van der Waals surface area contributed by atoms with Gasteiger partial charge in [-0.1, -0.05) is 19.3 Å². The zero-order valence-corrected chi connectivity index (χ0v) is 12.9. The smallest absolute Gasteiger partial charge is 0.223 e. The Bertz CT molecular complexity index is 482. The summed E-state index contributed by atoms with van der Waals surface area (Å²) in [5.74, 6) is 7.54. The predicted molar refractivity (Wildman–Crippen MR) is 80.3 cm³/mol. The molecule has 21 heavy (non-hydrogen) atoms. The molecule has 0 aromatic rings. The van der Waals surface area contributed by atoms with Crippen molar-refractivity contribution in [3.8, 4) is 0 Å². The maximum atomic E-state index is 12.9. The quantitative estimate of drug-likeness (QED) is 0.828. The van der Waals surface area contributed by atoms with Gasteiger partial charge in [0.05, 0.1) is 0 Å². The summed E-state index contributed by atoms with van der Waals surface area (Å²) in [6, 6.07) is 0. The number of amides is 1. The summed E-state index contributed by atoms with van der Waals surface area (Å²) in [4.78, 5) is 12.9. The van der Waals surface area contributed by atoms with Gasteiger partial charge in [0, 0.05) is 11.5 Å². The van der Waals surface area contributed by atoms with E-state index in [4.69, 9.17) is 0 Å². The topological polar surface area (TPSA) is 29.1 Å². The Balaban J connectivity index is 1.33. The molecule has 7 saturated carbocycles. The van der Waals surface area contributed by atoms with Gasteiger partial charge in [-0.05, 0) is 80.0 Å². The third-order valence-corrected chi connectivity index (χ3v) is 9.00. The van der Waals surface area contributed by atoms with Crippen molar-refractivity contribution < 1.29 is 4.79 Å².